The van der Waals surface area contributed by atoms with E-state index in [0.29, 0.717) is 12.1 Å². The summed E-state index contributed by atoms with van der Waals surface area (Å²) in [4.78, 5) is 11.2. The SMILES string of the molecule is c1ccc2c(c1)-c1cc3ccccc3cc1C1C2N1c1cnccn1. The van der Waals surface area contributed by atoms with Crippen LogP contribution in [0.4, 0.5) is 5.82 Å². The molecule has 3 heteroatoms. The van der Waals surface area contributed by atoms with E-state index in [2.05, 4.69) is 75.5 Å². The topological polar surface area (TPSA) is 28.8 Å². The van der Waals surface area contributed by atoms with Crippen LogP contribution in [-0.4, -0.2) is 9.97 Å². The second-order valence-electron chi connectivity index (χ2n) is 6.73. The number of aromatic nitrogens is 2. The molecule has 0 N–H and O–H groups in total. The summed E-state index contributed by atoms with van der Waals surface area (Å²) < 4.78 is 0. The molecule has 4 aromatic rings. The predicted molar refractivity (Wildman–Crippen MR) is 99.4 cm³/mol. The summed E-state index contributed by atoms with van der Waals surface area (Å²) in [6.07, 6.45) is 5.36. The first kappa shape index (κ1) is 13.1. The van der Waals surface area contributed by atoms with E-state index < -0.39 is 0 Å². The maximum absolute atomic E-state index is 4.54. The largest absolute Gasteiger partial charge is 0.336 e. The highest BCUT2D eigenvalue weighted by atomic mass is 15.4. The Morgan fingerprint density at radius 1 is 0.720 bits per heavy atom. The van der Waals surface area contributed by atoms with Gasteiger partial charge in [0, 0.05) is 12.4 Å². The lowest BCUT2D eigenvalue weighted by atomic mass is 9.84. The third kappa shape index (κ3) is 1.75. The van der Waals surface area contributed by atoms with Crippen molar-refractivity contribution in [2.45, 2.75) is 12.1 Å². The fourth-order valence-electron chi connectivity index (χ4n) is 4.32. The Morgan fingerprint density at radius 3 is 2.32 bits per heavy atom. The van der Waals surface area contributed by atoms with Crippen LogP contribution in [0.3, 0.4) is 0 Å². The first-order valence-corrected chi connectivity index (χ1v) is 8.58. The molecule has 1 aliphatic carbocycles. The Morgan fingerprint density at radius 2 is 1.48 bits per heavy atom. The monoisotopic (exact) mass is 321 g/mol. The van der Waals surface area contributed by atoms with Crippen molar-refractivity contribution in [3.8, 4) is 11.1 Å². The van der Waals surface area contributed by atoms with Crippen LogP contribution in [0.2, 0.25) is 0 Å². The van der Waals surface area contributed by atoms with Crippen LogP contribution in [0.25, 0.3) is 21.9 Å². The van der Waals surface area contributed by atoms with Gasteiger partial charge >= 0.3 is 0 Å². The van der Waals surface area contributed by atoms with Crippen molar-refractivity contribution in [2.75, 3.05) is 4.90 Å². The lowest BCUT2D eigenvalue weighted by molar-refractivity contribution is 1.01. The molecule has 2 heterocycles. The highest BCUT2D eigenvalue weighted by Gasteiger charge is 2.54. The van der Waals surface area contributed by atoms with Crippen molar-refractivity contribution >= 4 is 16.6 Å². The van der Waals surface area contributed by atoms with E-state index in [9.17, 15) is 0 Å². The molecule has 3 nitrogen and oxygen atoms in total. The van der Waals surface area contributed by atoms with Crippen molar-refractivity contribution in [1.29, 1.82) is 0 Å². The molecule has 25 heavy (non-hydrogen) atoms. The van der Waals surface area contributed by atoms with Gasteiger partial charge in [-0.1, -0.05) is 48.5 Å². The second-order valence-corrected chi connectivity index (χ2v) is 6.73. The molecule has 1 aliphatic heterocycles. The van der Waals surface area contributed by atoms with Gasteiger partial charge in [-0.05, 0) is 45.2 Å². The molecule has 2 atom stereocenters. The Labute approximate surface area is 145 Å². The van der Waals surface area contributed by atoms with Gasteiger partial charge in [0.05, 0.1) is 18.3 Å². The maximum atomic E-state index is 4.54. The zero-order chi connectivity index (χ0) is 16.4. The molecule has 1 aromatic heterocycles. The van der Waals surface area contributed by atoms with E-state index in [0.717, 1.165) is 5.82 Å². The number of benzene rings is 3. The number of hydrogen-bond acceptors (Lipinski definition) is 3. The lowest BCUT2D eigenvalue weighted by Crippen LogP contribution is -1.99. The zero-order valence-corrected chi connectivity index (χ0v) is 13.5. The van der Waals surface area contributed by atoms with Crippen molar-refractivity contribution in [1.82, 2.24) is 9.97 Å². The van der Waals surface area contributed by atoms with Crippen molar-refractivity contribution in [3.05, 3.63) is 90.4 Å². The molecule has 0 spiro atoms. The molecule has 1 fully saturated rings. The number of rotatable bonds is 1. The van der Waals surface area contributed by atoms with E-state index in [1.165, 1.54) is 33.0 Å². The first-order chi connectivity index (χ1) is 12.4. The number of hydrogen-bond donors (Lipinski definition) is 0. The highest BCUT2D eigenvalue weighted by Crippen LogP contribution is 2.63. The summed E-state index contributed by atoms with van der Waals surface area (Å²) in [5.74, 6) is 0.952. The van der Waals surface area contributed by atoms with Gasteiger partial charge in [-0.2, -0.15) is 0 Å². The number of fused-ring (bicyclic) bond motifs is 7. The van der Waals surface area contributed by atoms with Gasteiger partial charge in [0.1, 0.15) is 5.82 Å². The van der Waals surface area contributed by atoms with Crippen LogP contribution < -0.4 is 4.90 Å². The molecule has 0 radical (unpaired) electrons. The Hall–Kier alpha value is -3.20. The molecular formula is C22H15N3. The minimum atomic E-state index is 0.353. The normalized spacial score (nSPS) is 19.9. The van der Waals surface area contributed by atoms with Crippen LogP contribution in [0.1, 0.15) is 23.2 Å². The third-order valence-electron chi connectivity index (χ3n) is 5.43. The van der Waals surface area contributed by atoms with Crippen LogP contribution in [-0.2, 0) is 0 Å². The Balaban J connectivity index is 1.63. The summed E-state index contributed by atoms with van der Waals surface area (Å²) in [5.41, 5.74) is 5.48. The van der Waals surface area contributed by atoms with Crippen molar-refractivity contribution in [3.63, 3.8) is 0 Å². The minimum absolute atomic E-state index is 0.353. The van der Waals surface area contributed by atoms with Crippen LogP contribution >= 0.6 is 0 Å². The summed E-state index contributed by atoms with van der Waals surface area (Å²) in [5, 5.41) is 2.59. The fourth-order valence-corrected chi connectivity index (χ4v) is 4.32. The Bertz CT molecular complexity index is 1120. The van der Waals surface area contributed by atoms with Crippen molar-refractivity contribution < 1.29 is 0 Å². The summed E-state index contributed by atoms with van der Waals surface area (Å²) >= 11 is 0. The molecule has 2 unspecified atom stereocenters. The van der Waals surface area contributed by atoms with E-state index >= 15 is 0 Å². The summed E-state index contributed by atoms with van der Waals surface area (Å²) in [7, 11) is 0. The quantitative estimate of drug-likeness (QED) is 0.466. The molecule has 0 saturated carbocycles. The predicted octanol–water partition coefficient (Wildman–Crippen LogP) is 4.91. The van der Waals surface area contributed by atoms with Gasteiger partial charge in [-0.3, -0.25) is 4.98 Å². The Kier molecular flexibility index (Phi) is 2.45. The second kappa shape index (κ2) is 4.67. The molecule has 3 aromatic carbocycles. The molecule has 2 aliphatic rings. The van der Waals surface area contributed by atoms with Crippen LogP contribution in [0, 0.1) is 0 Å². The van der Waals surface area contributed by atoms with Gasteiger partial charge < -0.3 is 4.90 Å². The van der Waals surface area contributed by atoms with Crippen molar-refractivity contribution in [2.24, 2.45) is 0 Å². The average Bonchev–Trinajstić information content (AvgIpc) is 3.44. The van der Waals surface area contributed by atoms with E-state index in [1.54, 1.807) is 12.4 Å². The first-order valence-electron chi connectivity index (χ1n) is 8.58. The number of anilines is 1. The standard InChI is InChI=1S/C22H15N3/c1-2-6-15-12-19-18(11-14(15)5-1)16-7-3-4-8-17(16)21-22(19)25(21)20-13-23-9-10-24-20/h1-13,21-22H. The molecule has 0 amide bonds. The van der Waals surface area contributed by atoms with Gasteiger partial charge in [0.2, 0.25) is 0 Å². The van der Waals surface area contributed by atoms with Crippen LogP contribution in [0.15, 0.2) is 79.3 Å². The van der Waals surface area contributed by atoms with E-state index in [1.807, 2.05) is 6.20 Å². The third-order valence-corrected chi connectivity index (χ3v) is 5.43. The number of nitrogens with zero attached hydrogens (tertiary/aromatic N) is 3. The highest BCUT2D eigenvalue weighted by molar-refractivity contribution is 5.93. The van der Waals surface area contributed by atoms with Crippen LogP contribution in [0.5, 0.6) is 0 Å². The molecule has 118 valence electrons. The van der Waals surface area contributed by atoms with Gasteiger partial charge in [0.25, 0.3) is 0 Å². The molecule has 6 rings (SSSR count). The summed E-state index contributed by atoms with van der Waals surface area (Å²) in [6, 6.07) is 22.8. The minimum Gasteiger partial charge on any atom is -0.336 e. The molecule has 1 saturated heterocycles. The van der Waals surface area contributed by atoms with E-state index in [-0.39, 0.29) is 0 Å². The smallest absolute Gasteiger partial charge is 0.148 e. The van der Waals surface area contributed by atoms with Gasteiger partial charge in [0.15, 0.2) is 0 Å². The molecular weight excluding hydrogens is 306 g/mol. The van der Waals surface area contributed by atoms with Gasteiger partial charge in [-0.15, -0.1) is 0 Å². The zero-order valence-electron chi connectivity index (χ0n) is 13.5. The summed E-state index contributed by atoms with van der Waals surface area (Å²) in [6.45, 7) is 0. The average molecular weight is 321 g/mol. The maximum Gasteiger partial charge on any atom is 0.148 e. The van der Waals surface area contributed by atoms with Gasteiger partial charge in [-0.25, -0.2) is 4.98 Å². The molecule has 0 bridgehead atoms. The van der Waals surface area contributed by atoms with E-state index in [4.69, 9.17) is 0 Å². The lowest BCUT2D eigenvalue weighted by Gasteiger charge is -2.18. The fraction of sp³-hybridized carbons (Fsp3) is 0.0909.